The molecule has 12 nitrogen and oxygen atoms in total. The van der Waals surface area contributed by atoms with E-state index >= 15 is 0 Å². The number of benzene rings is 2. The van der Waals surface area contributed by atoms with E-state index in [1.807, 2.05) is 48.7 Å². The van der Waals surface area contributed by atoms with Crippen molar-refractivity contribution in [2.75, 3.05) is 32.0 Å². The number of ether oxygens (including phenoxy) is 2. The number of amides is 2. The van der Waals surface area contributed by atoms with Crippen LogP contribution in [0.1, 0.15) is 56.6 Å². The largest absolute Gasteiger partial charge is 0.490 e. The predicted octanol–water partition coefficient (Wildman–Crippen LogP) is 3.42. The highest BCUT2D eigenvalue weighted by molar-refractivity contribution is 7.99. The average molecular weight is 758 g/mol. The van der Waals surface area contributed by atoms with Crippen LogP contribution in [0.5, 0.6) is 5.75 Å². The predicted molar refractivity (Wildman–Crippen MR) is 197 cm³/mol. The fourth-order valence-corrected chi connectivity index (χ4v) is 6.96. The lowest BCUT2D eigenvalue weighted by Gasteiger charge is -2.30. The zero-order valence-corrected chi connectivity index (χ0v) is 30.8. The quantitative estimate of drug-likeness (QED) is 0.0692. The summed E-state index contributed by atoms with van der Waals surface area (Å²) in [7, 11) is 0. The summed E-state index contributed by atoms with van der Waals surface area (Å²) in [6.45, 7) is 1.54. The second-order valence-electron chi connectivity index (χ2n) is 13.3. The first-order valence-electron chi connectivity index (χ1n) is 17.6. The van der Waals surface area contributed by atoms with Crippen molar-refractivity contribution in [3.63, 3.8) is 0 Å². The molecule has 5 rings (SSSR count). The van der Waals surface area contributed by atoms with Crippen molar-refractivity contribution in [3.05, 3.63) is 77.1 Å². The molecule has 0 spiro atoms. The summed E-state index contributed by atoms with van der Waals surface area (Å²) in [4.78, 5) is 31.2. The Balaban J connectivity index is 1.19. The molecule has 0 aliphatic heterocycles. The maximum absolute atomic E-state index is 13.1. The summed E-state index contributed by atoms with van der Waals surface area (Å²) < 4.78 is 12.9. The van der Waals surface area contributed by atoms with Gasteiger partial charge in [0, 0.05) is 60.0 Å². The molecular weight excluding hydrogens is 710 g/mol. The standard InChI is InChI=1S/C38H48ClN3O9S/c1-24(44)41-15-4-17-42(37(49)36(48)35(47)34(46)32(45)22-43)18-5-19-52-27-10-11-31(39)25(20-27)23-50-38(13-14-38)30-21-40-16-12-28(30)29-6-2-3-7-33(29)51-26-8-9-26/h2-3,6-7,10-12,16,20-21,26,32,34-36,43,45-48H,4-5,8-9,13-15,17-19,22-23H2,1H3,(H,41,44)/t32-,34+,35-,36-/m0/s1. The first-order valence-corrected chi connectivity index (χ1v) is 19.0. The van der Waals surface area contributed by atoms with Gasteiger partial charge in [-0.3, -0.25) is 14.6 Å². The molecule has 282 valence electrons. The number of hydrogen-bond donors (Lipinski definition) is 6. The van der Waals surface area contributed by atoms with Crippen LogP contribution in [0.4, 0.5) is 0 Å². The summed E-state index contributed by atoms with van der Waals surface area (Å²) in [5.41, 5.74) is 3.45. The molecule has 14 heteroatoms. The van der Waals surface area contributed by atoms with E-state index in [-0.39, 0.29) is 25.1 Å². The van der Waals surface area contributed by atoms with Gasteiger partial charge in [0.05, 0.1) is 24.9 Å². The molecule has 2 amide bonds. The molecule has 4 atom stereocenters. The van der Waals surface area contributed by atoms with Gasteiger partial charge in [-0.2, -0.15) is 0 Å². The van der Waals surface area contributed by atoms with Crippen molar-refractivity contribution >= 4 is 35.2 Å². The molecule has 2 fully saturated rings. The molecule has 2 saturated carbocycles. The summed E-state index contributed by atoms with van der Waals surface area (Å²) >= 11 is 8.20. The number of pyridine rings is 1. The first-order chi connectivity index (χ1) is 25.0. The van der Waals surface area contributed by atoms with E-state index in [1.54, 1.807) is 18.0 Å². The highest BCUT2D eigenvalue weighted by Crippen LogP contribution is 2.53. The number of hydrogen-bond acceptors (Lipinski definition) is 11. The van der Waals surface area contributed by atoms with Gasteiger partial charge in [-0.15, -0.1) is 11.8 Å². The third-order valence-electron chi connectivity index (χ3n) is 9.17. The average Bonchev–Trinajstić information content (AvgIpc) is 4.10. The van der Waals surface area contributed by atoms with E-state index in [1.165, 1.54) is 11.8 Å². The van der Waals surface area contributed by atoms with Gasteiger partial charge in [-0.1, -0.05) is 29.8 Å². The van der Waals surface area contributed by atoms with Gasteiger partial charge in [0.25, 0.3) is 5.91 Å². The van der Waals surface area contributed by atoms with Crippen LogP contribution in [-0.4, -0.2) is 110 Å². The van der Waals surface area contributed by atoms with E-state index in [0.29, 0.717) is 36.8 Å². The highest BCUT2D eigenvalue weighted by Gasteiger charge is 2.48. The molecule has 6 N–H and O–H groups in total. The van der Waals surface area contributed by atoms with Gasteiger partial charge >= 0.3 is 0 Å². The lowest BCUT2D eigenvalue weighted by atomic mass is 9.96. The molecule has 1 aromatic heterocycles. The van der Waals surface area contributed by atoms with Crippen molar-refractivity contribution in [1.82, 2.24) is 15.2 Å². The number of halogens is 1. The second-order valence-corrected chi connectivity index (χ2v) is 14.9. The van der Waals surface area contributed by atoms with E-state index < -0.39 is 42.5 Å². The van der Waals surface area contributed by atoms with Crippen molar-refractivity contribution in [2.45, 2.75) is 93.1 Å². The van der Waals surface area contributed by atoms with Crippen LogP contribution in [0.3, 0.4) is 0 Å². The zero-order chi connectivity index (χ0) is 37.3. The Kier molecular flexibility index (Phi) is 14.3. The van der Waals surface area contributed by atoms with Gasteiger partial charge in [0.15, 0.2) is 6.10 Å². The van der Waals surface area contributed by atoms with Crippen LogP contribution in [-0.2, 0) is 26.5 Å². The lowest BCUT2D eigenvalue weighted by Crippen LogP contribution is -2.53. The summed E-state index contributed by atoms with van der Waals surface area (Å²) in [6.07, 6.45) is 1.05. The third kappa shape index (κ3) is 10.7. The molecule has 1 heterocycles. The van der Waals surface area contributed by atoms with Gasteiger partial charge in [-0.25, -0.2) is 0 Å². The van der Waals surface area contributed by atoms with Crippen LogP contribution in [0.2, 0.25) is 5.02 Å². The minimum Gasteiger partial charge on any atom is -0.490 e. The van der Waals surface area contributed by atoms with Gasteiger partial charge in [-0.05, 0) is 85.7 Å². The number of thioether (sulfide) groups is 1. The number of para-hydroxylation sites is 1. The van der Waals surface area contributed by atoms with Crippen LogP contribution in [0.15, 0.2) is 65.8 Å². The maximum Gasteiger partial charge on any atom is 0.254 e. The Morgan fingerprint density at radius 3 is 2.50 bits per heavy atom. The Hall–Kier alpha value is -3.27. The Labute approximate surface area is 313 Å². The fraction of sp³-hybridized carbons (Fsp3) is 0.500. The minimum atomic E-state index is -2.02. The minimum absolute atomic E-state index is 0.175. The summed E-state index contributed by atoms with van der Waals surface area (Å²) in [5, 5.41) is 52.8. The number of rotatable bonds is 21. The Bertz CT molecular complexity index is 1660. The maximum atomic E-state index is 13.1. The molecule has 2 aromatic carbocycles. The molecule has 2 aliphatic carbocycles. The second kappa shape index (κ2) is 18.7. The van der Waals surface area contributed by atoms with E-state index in [2.05, 4.69) is 16.4 Å². The molecule has 0 unspecified atom stereocenters. The van der Waals surface area contributed by atoms with Gasteiger partial charge in [0.2, 0.25) is 5.91 Å². The van der Waals surface area contributed by atoms with Crippen LogP contribution in [0, 0.1) is 0 Å². The van der Waals surface area contributed by atoms with E-state index in [9.17, 15) is 30.0 Å². The van der Waals surface area contributed by atoms with Crippen molar-refractivity contribution in [3.8, 4) is 16.9 Å². The number of carbonyl (C=O) groups excluding carboxylic acids is 2. The molecule has 0 bridgehead atoms. The molecule has 2 aliphatic rings. The van der Waals surface area contributed by atoms with Gasteiger partial charge in [0.1, 0.15) is 24.1 Å². The number of aromatic nitrogens is 1. The molecule has 3 aromatic rings. The van der Waals surface area contributed by atoms with Crippen molar-refractivity contribution < 1.29 is 44.6 Å². The number of nitrogens with one attached hydrogen (secondary N) is 1. The number of nitrogens with zero attached hydrogens (tertiary/aromatic N) is 2. The van der Waals surface area contributed by atoms with Crippen LogP contribution in [0.25, 0.3) is 11.1 Å². The smallest absolute Gasteiger partial charge is 0.254 e. The number of aliphatic hydroxyl groups is 5. The molecular formula is C38H48ClN3O9S. The Morgan fingerprint density at radius 1 is 1.04 bits per heavy atom. The topological polar surface area (TPSA) is 182 Å². The van der Waals surface area contributed by atoms with Crippen molar-refractivity contribution in [2.24, 2.45) is 0 Å². The monoisotopic (exact) mass is 757 g/mol. The molecule has 0 radical (unpaired) electrons. The number of aliphatic hydroxyl groups excluding tert-OH is 5. The summed E-state index contributed by atoms with van der Waals surface area (Å²) in [5.74, 6) is 0.421. The van der Waals surface area contributed by atoms with Crippen molar-refractivity contribution in [1.29, 1.82) is 0 Å². The zero-order valence-electron chi connectivity index (χ0n) is 29.2. The lowest BCUT2D eigenvalue weighted by molar-refractivity contribution is -0.158. The first kappa shape index (κ1) is 39.9. The summed E-state index contributed by atoms with van der Waals surface area (Å²) in [6, 6.07) is 15.9. The Morgan fingerprint density at radius 2 is 1.79 bits per heavy atom. The fourth-order valence-electron chi connectivity index (χ4n) is 5.89. The highest BCUT2D eigenvalue weighted by atomic mass is 35.5. The van der Waals surface area contributed by atoms with Gasteiger partial charge < -0.3 is 45.2 Å². The molecule has 52 heavy (non-hydrogen) atoms. The number of carbonyl (C=O) groups is 2. The van der Waals surface area contributed by atoms with E-state index in [0.717, 1.165) is 58.6 Å². The van der Waals surface area contributed by atoms with E-state index in [4.69, 9.17) is 26.2 Å². The SMILES string of the molecule is CC(=O)NCCCN(CCCSc1ccc(Cl)c(COC2(c3cnccc3-c3ccccc3OC3CC3)CC2)c1)C(=O)[C@@H](O)[C@@H](O)[C@H](O)[C@@H](O)CO. The third-order valence-corrected chi connectivity index (χ3v) is 10.6. The van der Waals surface area contributed by atoms with Crippen LogP contribution >= 0.6 is 23.4 Å². The van der Waals surface area contributed by atoms with Crippen LogP contribution < -0.4 is 10.1 Å². The molecule has 0 saturated heterocycles. The normalized spacial score (nSPS) is 17.1.